The molecule has 0 atom stereocenters. The Morgan fingerprint density at radius 1 is 1.04 bits per heavy atom. The van der Waals surface area contributed by atoms with Crippen molar-refractivity contribution in [1.29, 1.82) is 0 Å². The summed E-state index contributed by atoms with van der Waals surface area (Å²) in [6, 6.07) is 13.2. The van der Waals surface area contributed by atoms with E-state index >= 15 is 0 Å². The first-order valence-corrected chi connectivity index (χ1v) is 9.98. The number of hydrogen-bond acceptors (Lipinski definition) is 4. The molecule has 7 heteroatoms. The number of aromatic nitrogens is 1. The first kappa shape index (κ1) is 17.7. The Bertz CT molecular complexity index is 918. The number of piperazine rings is 1. The van der Waals surface area contributed by atoms with Crippen LogP contribution in [0.5, 0.6) is 0 Å². The number of fused-ring (bicyclic) bond motifs is 1. The fourth-order valence-electron chi connectivity index (χ4n) is 3.10. The van der Waals surface area contributed by atoms with E-state index in [0.717, 1.165) is 30.2 Å². The molecule has 0 aliphatic carbocycles. The average molecular weight is 406 g/mol. The molecule has 1 aromatic heterocycles. The van der Waals surface area contributed by atoms with Crippen LogP contribution < -0.4 is 0 Å². The Hall–Kier alpha value is -1.66. The number of carbonyl (C=O) groups is 1. The maximum atomic E-state index is 12.6. The quantitative estimate of drug-likeness (QED) is 0.640. The second-order valence-electron chi connectivity index (χ2n) is 6.27. The number of thiazole rings is 1. The van der Waals surface area contributed by atoms with Crippen LogP contribution in [0.15, 0.2) is 42.5 Å². The molecule has 4 rings (SSSR count). The SMILES string of the molecule is O=C(c1ccc(Cl)c(Cl)c1)N1CCN(Cc2nc3ccccc3s2)CC1. The van der Waals surface area contributed by atoms with Gasteiger partial charge in [-0.15, -0.1) is 11.3 Å². The molecule has 1 aliphatic heterocycles. The lowest BCUT2D eigenvalue weighted by Crippen LogP contribution is -2.48. The number of rotatable bonds is 3. The van der Waals surface area contributed by atoms with Gasteiger partial charge in [0.1, 0.15) is 5.01 Å². The minimum Gasteiger partial charge on any atom is -0.336 e. The fourth-order valence-corrected chi connectivity index (χ4v) is 4.41. The van der Waals surface area contributed by atoms with Crippen molar-refractivity contribution < 1.29 is 4.79 Å². The van der Waals surface area contributed by atoms with Crippen molar-refractivity contribution in [1.82, 2.24) is 14.8 Å². The third-order valence-electron chi connectivity index (χ3n) is 4.52. The van der Waals surface area contributed by atoms with Crippen molar-refractivity contribution in [3.05, 3.63) is 63.1 Å². The van der Waals surface area contributed by atoms with Crippen molar-refractivity contribution in [2.24, 2.45) is 0 Å². The number of para-hydroxylation sites is 1. The first-order chi connectivity index (χ1) is 12.6. The van der Waals surface area contributed by atoms with Crippen LogP contribution in [0.2, 0.25) is 10.0 Å². The number of carbonyl (C=O) groups excluding carboxylic acids is 1. The monoisotopic (exact) mass is 405 g/mol. The number of amides is 1. The minimum absolute atomic E-state index is 0.00297. The zero-order chi connectivity index (χ0) is 18.1. The van der Waals surface area contributed by atoms with Gasteiger partial charge in [-0.1, -0.05) is 35.3 Å². The summed E-state index contributed by atoms with van der Waals surface area (Å²) in [4.78, 5) is 21.5. The van der Waals surface area contributed by atoms with Gasteiger partial charge in [0.15, 0.2) is 0 Å². The van der Waals surface area contributed by atoms with E-state index < -0.39 is 0 Å². The molecule has 1 saturated heterocycles. The summed E-state index contributed by atoms with van der Waals surface area (Å²) in [5.41, 5.74) is 1.64. The molecule has 4 nitrogen and oxygen atoms in total. The summed E-state index contributed by atoms with van der Waals surface area (Å²) in [5.74, 6) is 0.00297. The average Bonchev–Trinajstić information content (AvgIpc) is 3.06. The zero-order valence-corrected chi connectivity index (χ0v) is 16.3. The molecule has 0 spiro atoms. The summed E-state index contributed by atoms with van der Waals surface area (Å²) in [6.45, 7) is 3.90. The van der Waals surface area contributed by atoms with Crippen LogP contribution in [0, 0.1) is 0 Å². The smallest absolute Gasteiger partial charge is 0.253 e. The van der Waals surface area contributed by atoms with Gasteiger partial charge in [0, 0.05) is 31.7 Å². The maximum absolute atomic E-state index is 12.6. The summed E-state index contributed by atoms with van der Waals surface area (Å²) in [5, 5.41) is 1.99. The van der Waals surface area contributed by atoms with Crippen LogP contribution in [0.4, 0.5) is 0 Å². The molecule has 1 amide bonds. The largest absolute Gasteiger partial charge is 0.336 e. The Balaban J connectivity index is 1.37. The molecule has 1 aliphatic rings. The molecule has 3 aromatic rings. The van der Waals surface area contributed by atoms with E-state index in [1.54, 1.807) is 29.5 Å². The van der Waals surface area contributed by atoms with E-state index in [0.29, 0.717) is 28.7 Å². The van der Waals surface area contributed by atoms with E-state index in [4.69, 9.17) is 28.2 Å². The highest BCUT2D eigenvalue weighted by molar-refractivity contribution is 7.18. The summed E-state index contributed by atoms with van der Waals surface area (Å²) in [6.07, 6.45) is 0. The van der Waals surface area contributed by atoms with Crippen LogP contribution in [0.25, 0.3) is 10.2 Å². The standard InChI is InChI=1S/C19H17Cl2N3OS/c20-14-6-5-13(11-15(14)21)19(25)24-9-7-23(8-10-24)12-18-22-16-3-1-2-4-17(16)26-18/h1-6,11H,7-10,12H2. The fraction of sp³-hybridized carbons (Fsp3) is 0.263. The lowest BCUT2D eigenvalue weighted by molar-refractivity contribution is 0.0628. The van der Waals surface area contributed by atoms with Crippen LogP contribution in [-0.2, 0) is 6.54 Å². The number of halogens is 2. The third kappa shape index (κ3) is 3.71. The Kier molecular flexibility index (Phi) is 5.14. The lowest BCUT2D eigenvalue weighted by Gasteiger charge is -2.34. The summed E-state index contributed by atoms with van der Waals surface area (Å²) in [7, 11) is 0. The first-order valence-electron chi connectivity index (χ1n) is 8.41. The minimum atomic E-state index is 0.00297. The predicted molar refractivity (Wildman–Crippen MR) is 107 cm³/mol. The highest BCUT2D eigenvalue weighted by Gasteiger charge is 2.23. The molecular formula is C19H17Cl2N3OS. The van der Waals surface area contributed by atoms with Gasteiger partial charge in [-0.25, -0.2) is 4.98 Å². The van der Waals surface area contributed by atoms with E-state index in [1.807, 2.05) is 23.1 Å². The molecule has 26 heavy (non-hydrogen) atoms. The molecule has 0 unspecified atom stereocenters. The van der Waals surface area contributed by atoms with Gasteiger partial charge < -0.3 is 4.90 Å². The summed E-state index contributed by atoms with van der Waals surface area (Å²) < 4.78 is 1.22. The van der Waals surface area contributed by atoms with Crippen molar-refractivity contribution in [2.45, 2.75) is 6.54 Å². The van der Waals surface area contributed by atoms with Gasteiger partial charge in [0.05, 0.1) is 26.8 Å². The molecule has 0 saturated carbocycles. The molecule has 2 aromatic carbocycles. The van der Waals surface area contributed by atoms with Crippen LogP contribution in [0.1, 0.15) is 15.4 Å². The molecule has 134 valence electrons. The number of benzene rings is 2. The number of hydrogen-bond donors (Lipinski definition) is 0. The maximum Gasteiger partial charge on any atom is 0.253 e. The zero-order valence-electron chi connectivity index (χ0n) is 14.0. The van der Waals surface area contributed by atoms with Gasteiger partial charge in [-0.05, 0) is 30.3 Å². The second-order valence-corrected chi connectivity index (χ2v) is 8.20. The van der Waals surface area contributed by atoms with E-state index in [2.05, 4.69) is 11.0 Å². The molecule has 0 N–H and O–H groups in total. The molecule has 2 heterocycles. The van der Waals surface area contributed by atoms with Gasteiger partial charge in [0.2, 0.25) is 0 Å². The van der Waals surface area contributed by atoms with E-state index in [1.165, 1.54) is 4.70 Å². The third-order valence-corrected chi connectivity index (χ3v) is 6.28. The van der Waals surface area contributed by atoms with Crippen molar-refractivity contribution in [3.8, 4) is 0 Å². The van der Waals surface area contributed by atoms with E-state index in [-0.39, 0.29) is 5.91 Å². The van der Waals surface area contributed by atoms with Crippen molar-refractivity contribution in [2.75, 3.05) is 26.2 Å². The molecule has 0 radical (unpaired) electrons. The van der Waals surface area contributed by atoms with E-state index in [9.17, 15) is 4.79 Å². The normalized spacial score (nSPS) is 15.5. The van der Waals surface area contributed by atoms with Gasteiger partial charge in [-0.2, -0.15) is 0 Å². The van der Waals surface area contributed by atoms with Gasteiger partial charge in [-0.3, -0.25) is 9.69 Å². The highest BCUT2D eigenvalue weighted by atomic mass is 35.5. The van der Waals surface area contributed by atoms with Crippen LogP contribution in [-0.4, -0.2) is 46.9 Å². The Morgan fingerprint density at radius 3 is 2.54 bits per heavy atom. The Labute approximate surface area is 166 Å². The summed E-state index contributed by atoms with van der Waals surface area (Å²) >= 11 is 13.7. The van der Waals surface area contributed by atoms with Crippen LogP contribution in [0.3, 0.4) is 0 Å². The van der Waals surface area contributed by atoms with Crippen LogP contribution >= 0.6 is 34.5 Å². The van der Waals surface area contributed by atoms with Crippen molar-refractivity contribution >= 4 is 50.7 Å². The van der Waals surface area contributed by atoms with Crippen molar-refractivity contribution in [3.63, 3.8) is 0 Å². The van der Waals surface area contributed by atoms with Gasteiger partial charge >= 0.3 is 0 Å². The molecule has 1 fully saturated rings. The van der Waals surface area contributed by atoms with Gasteiger partial charge in [0.25, 0.3) is 5.91 Å². The lowest BCUT2D eigenvalue weighted by atomic mass is 10.2. The molecule has 0 bridgehead atoms. The predicted octanol–water partition coefficient (Wildman–Crippen LogP) is 4.56. The molecular weight excluding hydrogens is 389 g/mol. The highest BCUT2D eigenvalue weighted by Crippen LogP contribution is 2.25. The second kappa shape index (κ2) is 7.53. The Morgan fingerprint density at radius 2 is 1.81 bits per heavy atom. The topological polar surface area (TPSA) is 36.4 Å². The number of nitrogens with zero attached hydrogens (tertiary/aromatic N) is 3.